The van der Waals surface area contributed by atoms with Crippen LogP contribution in [0.25, 0.3) is 21.9 Å². The maximum absolute atomic E-state index is 6.26. The van der Waals surface area contributed by atoms with Crippen molar-refractivity contribution in [3.8, 4) is 0 Å². The molecule has 0 aliphatic rings. The van der Waals surface area contributed by atoms with Gasteiger partial charge in [-0.1, -0.05) is 48.0 Å². The summed E-state index contributed by atoms with van der Waals surface area (Å²) in [6, 6.07) is 19.0. The van der Waals surface area contributed by atoms with E-state index in [0.29, 0.717) is 5.15 Å². The molecule has 0 amide bonds. The third-order valence-electron chi connectivity index (χ3n) is 3.54. The number of para-hydroxylation sites is 1. The normalized spacial score (nSPS) is 11.3. The molecule has 1 radical (unpaired) electrons. The number of imidazole rings is 1. The van der Waals surface area contributed by atoms with Crippen molar-refractivity contribution in [3.05, 3.63) is 71.6 Å². The lowest BCUT2D eigenvalue weighted by Gasteiger charge is -2.07. The minimum Gasteiger partial charge on any atom is -0.325 e. The summed E-state index contributed by atoms with van der Waals surface area (Å²) in [7, 11) is 0. The van der Waals surface area contributed by atoms with E-state index >= 15 is 0 Å². The van der Waals surface area contributed by atoms with E-state index in [2.05, 4.69) is 32.7 Å². The molecule has 0 saturated heterocycles. The average Bonchev–Trinajstić information content (AvgIpc) is 2.93. The van der Waals surface area contributed by atoms with Gasteiger partial charge in [-0.15, -0.1) is 0 Å². The fourth-order valence-corrected chi connectivity index (χ4v) is 2.82. The van der Waals surface area contributed by atoms with Crippen LogP contribution in [0.4, 0.5) is 0 Å². The van der Waals surface area contributed by atoms with Crippen LogP contribution in [0.5, 0.6) is 0 Å². The molecule has 4 aromatic rings. The topological polar surface area (TPSA) is 30.7 Å². The Kier molecular flexibility index (Phi) is 2.86. The van der Waals surface area contributed by atoms with Crippen molar-refractivity contribution in [2.45, 2.75) is 6.54 Å². The summed E-state index contributed by atoms with van der Waals surface area (Å²) >= 11 is 6.26. The quantitative estimate of drug-likeness (QED) is 0.521. The lowest BCUT2D eigenvalue weighted by atomic mass is 10.2. The average molecular weight is 293 g/mol. The Morgan fingerprint density at radius 1 is 1.14 bits per heavy atom. The molecule has 0 aliphatic carbocycles. The van der Waals surface area contributed by atoms with Gasteiger partial charge in [0.2, 0.25) is 0 Å². The minimum atomic E-state index is 0.446. The summed E-state index contributed by atoms with van der Waals surface area (Å²) in [5, 5.41) is 1.51. The molecule has 2 heterocycles. The van der Waals surface area contributed by atoms with Gasteiger partial charge in [-0.05, 0) is 23.8 Å². The summed E-state index contributed by atoms with van der Waals surface area (Å²) in [5.74, 6) is 0. The molecule has 3 nitrogen and oxygen atoms in total. The van der Waals surface area contributed by atoms with Gasteiger partial charge in [0.05, 0.1) is 17.4 Å². The molecule has 0 N–H and O–H groups in total. The molecule has 4 rings (SSSR count). The van der Waals surface area contributed by atoms with Gasteiger partial charge in [-0.3, -0.25) is 0 Å². The van der Waals surface area contributed by atoms with Crippen LogP contribution in [-0.2, 0) is 6.54 Å². The molecule has 0 spiro atoms. The predicted molar refractivity (Wildman–Crippen MR) is 84.4 cm³/mol. The summed E-state index contributed by atoms with van der Waals surface area (Å²) in [6.07, 6.45) is 1.82. The third kappa shape index (κ3) is 2.06. The first kappa shape index (κ1) is 12.4. The molecule has 21 heavy (non-hydrogen) atoms. The smallest absolute Gasteiger partial charge is 0.157 e. The van der Waals surface area contributed by atoms with Crippen LogP contribution in [0.3, 0.4) is 0 Å². The highest BCUT2D eigenvalue weighted by atomic mass is 35.5. The Balaban J connectivity index is 1.98. The maximum Gasteiger partial charge on any atom is 0.157 e. The van der Waals surface area contributed by atoms with E-state index in [4.69, 9.17) is 11.6 Å². The van der Waals surface area contributed by atoms with Gasteiger partial charge in [0.25, 0.3) is 0 Å². The number of nitrogens with zero attached hydrogens (tertiary/aromatic N) is 3. The zero-order chi connectivity index (χ0) is 14.2. The number of rotatable bonds is 2. The molecule has 101 valence electrons. The fraction of sp³-hybridized carbons (Fsp3) is 0.0588. The predicted octanol–water partition coefficient (Wildman–Crippen LogP) is 4.09. The molecular weight excluding hydrogens is 282 g/mol. The monoisotopic (exact) mass is 292 g/mol. The van der Waals surface area contributed by atoms with Crippen molar-refractivity contribution < 1.29 is 0 Å². The van der Waals surface area contributed by atoms with E-state index in [0.717, 1.165) is 28.5 Å². The molecule has 2 aromatic carbocycles. The van der Waals surface area contributed by atoms with Gasteiger partial charge in [-0.2, -0.15) is 0 Å². The molecular formula is C17H11ClN3. The summed E-state index contributed by atoms with van der Waals surface area (Å²) in [6.45, 7) is 0.734. The number of aromatic nitrogens is 3. The first-order valence-corrected chi connectivity index (χ1v) is 7.05. The van der Waals surface area contributed by atoms with Crippen LogP contribution in [0.15, 0.2) is 54.9 Å². The SMILES string of the molecule is Clc1nc2ccccc2c2c1ncn2Cc1c[c]ccc1. The number of pyridine rings is 1. The van der Waals surface area contributed by atoms with Crippen molar-refractivity contribution in [1.82, 2.24) is 14.5 Å². The second-order valence-electron chi connectivity index (χ2n) is 4.90. The second kappa shape index (κ2) is 4.86. The minimum absolute atomic E-state index is 0.446. The van der Waals surface area contributed by atoms with Gasteiger partial charge < -0.3 is 4.57 Å². The van der Waals surface area contributed by atoms with E-state index in [-0.39, 0.29) is 0 Å². The Hall–Kier alpha value is -2.39. The molecule has 0 bridgehead atoms. The molecule has 0 fully saturated rings. The number of benzene rings is 2. The Morgan fingerprint density at radius 3 is 2.90 bits per heavy atom. The molecule has 0 unspecified atom stereocenters. The summed E-state index contributed by atoms with van der Waals surface area (Å²) in [4.78, 5) is 8.83. The lowest BCUT2D eigenvalue weighted by molar-refractivity contribution is 0.826. The van der Waals surface area contributed by atoms with Gasteiger partial charge in [0, 0.05) is 11.9 Å². The molecule has 4 heteroatoms. The molecule has 0 aliphatic heterocycles. The Labute approximate surface area is 126 Å². The van der Waals surface area contributed by atoms with E-state index in [1.165, 1.54) is 5.56 Å². The van der Waals surface area contributed by atoms with Crippen LogP contribution >= 0.6 is 11.6 Å². The van der Waals surface area contributed by atoms with E-state index < -0.39 is 0 Å². The summed E-state index contributed by atoms with van der Waals surface area (Å²) < 4.78 is 2.11. The van der Waals surface area contributed by atoms with Gasteiger partial charge >= 0.3 is 0 Å². The maximum atomic E-state index is 6.26. The van der Waals surface area contributed by atoms with Crippen LogP contribution < -0.4 is 0 Å². The van der Waals surface area contributed by atoms with Crippen molar-refractivity contribution >= 4 is 33.5 Å². The van der Waals surface area contributed by atoms with Gasteiger partial charge in [-0.25, -0.2) is 9.97 Å². The molecule has 0 atom stereocenters. The Morgan fingerprint density at radius 2 is 2.05 bits per heavy atom. The van der Waals surface area contributed by atoms with Gasteiger partial charge in [0.15, 0.2) is 5.15 Å². The zero-order valence-corrected chi connectivity index (χ0v) is 11.9. The van der Waals surface area contributed by atoms with Crippen molar-refractivity contribution in [3.63, 3.8) is 0 Å². The fourth-order valence-electron chi connectivity index (χ4n) is 2.59. The molecule has 2 aromatic heterocycles. The van der Waals surface area contributed by atoms with Crippen LogP contribution in [-0.4, -0.2) is 14.5 Å². The largest absolute Gasteiger partial charge is 0.325 e. The van der Waals surface area contributed by atoms with Crippen LogP contribution in [0.1, 0.15) is 5.56 Å². The first-order valence-electron chi connectivity index (χ1n) is 6.67. The van der Waals surface area contributed by atoms with E-state index in [9.17, 15) is 0 Å². The zero-order valence-electron chi connectivity index (χ0n) is 11.1. The number of fused-ring (bicyclic) bond motifs is 3. The molecule has 0 saturated carbocycles. The van der Waals surface area contributed by atoms with Crippen LogP contribution in [0.2, 0.25) is 5.15 Å². The van der Waals surface area contributed by atoms with Crippen molar-refractivity contribution in [1.29, 1.82) is 0 Å². The van der Waals surface area contributed by atoms with Crippen molar-refractivity contribution in [2.24, 2.45) is 0 Å². The Bertz CT molecular complexity index is 929. The van der Waals surface area contributed by atoms with Gasteiger partial charge in [0.1, 0.15) is 5.52 Å². The highest BCUT2D eigenvalue weighted by Gasteiger charge is 2.12. The highest BCUT2D eigenvalue weighted by Crippen LogP contribution is 2.28. The van der Waals surface area contributed by atoms with E-state index in [1.807, 2.05) is 42.7 Å². The summed E-state index contributed by atoms with van der Waals surface area (Å²) in [5.41, 5.74) is 3.83. The van der Waals surface area contributed by atoms with Crippen molar-refractivity contribution in [2.75, 3.05) is 0 Å². The number of hydrogen-bond donors (Lipinski definition) is 0. The highest BCUT2D eigenvalue weighted by molar-refractivity contribution is 6.35. The third-order valence-corrected chi connectivity index (χ3v) is 3.80. The second-order valence-corrected chi connectivity index (χ2v) is 5.26. The first-order chi connectivity index (χ1) is 10.3. The lowest BCUT2D eigenvalue weighted by Crippen LogP contribution is -1.98. The number of halogens is 1. The van der Waals surface area contributed by atoms with Crippen LogP contribution in [0, 0.1) is 6.07 Å². The number of hydrogen-bond acceptors (Lipinski definition) is 2. The van der Waals surface area contributed by atoms with E-state index in [1.54, 1.807) is 0 Å². The standard InChI is InChI=1S/C17H11ClN3/c18-17-15-16(13-8-4-5-9-14(13)20-17)21(11-19-15)10-12-6-2-1-3-7-12/h1-2,4-9,11H,10H2.